The summed E-state index contributed by atoms with van der Waals surface area (Å²) < 4.78 is 19.9. The number of halogens is 1. The van der Waals surface area contributed by atoms with Crippen LogP contribution in [0.25, 0.3) is 0 Å². The Morgan fingerprint density at radius 2 is 2.14 bits per heavy atom. The van der Waals surface area contributed by atoms with Crippen molar-refractivity contribution in [1.82, 2.24) is 14.9 Å². The highest BCUT2D eigenvalue weighted by Crippen LogP contribution is 2.34. The molecule has 4 rings (SSSR count). The second-order valence-corrected chi connectivity index (χ2v) is 7.73. The van der Waals surface area contributed by atoms with Gasteiger partial charge in [0, 0.05) is 31.8 Å². The van der Waals surface area contributed by atoms with Crippen LogP contribution in [0.15, 0.2) is 58.0 Å². The first-order valence-electron chi connectivity index (χ1n) is 9.61. The normalized spacial score (nSPS) is 19.3. The van der Waals surface area contributed by atoms with Crippen molar-refractivity contribution in [2.24, 2.45) is 0 Å². The van der Waals surface area contributed by atoms with Crippen LogP contribution in [0.2, 0.25) is 0 Å². The molecule has 0 spiro atoms. The quantitative estimate of drug-likeness (QED) is 0.735. The Labute approximate surface area is 167 Å². The molecule has 1 amide bonds. The minimum absolute atomic E-state index is 0.134. The van der Waals surface area contributed by atoms with Crippen molar-refractivity contribution < 1.29 is 13.6 Å². The number of pyridine rings is 1. The lowest BCUT2D eigenvalue weighted by atomic mass is 9.81. The number of benzene rings is 1. The van der Waals surface area contributed by atoms with Crippen LogP contribution in [-0.4, -0.2) is 33.9 Å². The lowest BCUT2D eigenvalue weighted by Gasteiger charge is -2.38. The minimum Gasteiger partial charge on any atom is -0.445 e. The predicted octanol–water partition coefficient (Wildman–Crippen LogP) is 3.29. The molecule has 0 aliphatic carbocycles. The van der Waals surface area contributed by atoms with E-state index < -0.39 is 5.41 Å². The van der Waals surface area contributed by atoms with E-state index in [4.69, 9.17) is 4.42 Å². The maximum Gasteiger partial charge on any atom is 0.255 e. The molecule has 6 nitrogen and oxygen atoms in total. The fourth-order valence-corrected chi connectivity index (χ4v) is 3.81. The maximum atomic E-state index is 13.9. The highest BCUT2D eigenvalue weighted by Gasteiger charge is 2.38. The van der Waals surface area contributed by atoms with Crippen LogP contribution in [0.1, 0.15) is 47.3 Å². The summed E-state index contributed by atoms with van der Waals surface area (Å²) in [5.74, 6) is 0.746. The standard InChI is InChI=1S/C22H22FN3O3/c1-22(21-25-13-17(29-21)11-15-5-2-3-6-18(15)23)9-4-10-26(14-22)20(28)16-7-8-19(27)24-12-16/h2-3,5-8,12-13H,4,9-11,14H2,1H3,(H,24,27). The van der Waals surface area contributed by atoms with E-state index in [1.54, 1.807) is 29.3 Å². The van der Waals surface area contributed by atoms with Crippen LogP contribution in [0, 0.1) is 5.82 Å². The number of piperidine rings is 1. The average molecular weight is 395 g/mol. The van der Waals surface area contributed by atoms with Gasteiger partial charge in [-0.1, -0.05) is 18.2 Å². The topological polar surface area (TPSA) is 79.2 Å². The number of nitrogens with zero attached hydrogens (tertiary/aromatic N) is 2. The Kier molecular flexibility index (Phi) is 5.05. The molecule has 7 heteroatoms. The third kappa shape index (κ3) is 3.99. The summed E-state index contributed by atoms with van der Waals surface area (Å²) >= 11 is 0. The van der Waals surface area contributed by atoms with Gasteiger partial charge in [0.2, 0.25) is 11.4 Å². The molecule has 0 radical (unpaired) electrons. The summed E-state index contributed by atoms with van der Waals surface area (Å²) in [6.07, 6.45) is 5.05. The van der Waals surface area contributed by atoms with Crippen molar-refractivity contribution in [2.75, 3.05) is 13.1 Å². The number of likely N-dealkylation sites (tertiary alicyclic amines) is 1. The number of aromatic nitrogens is 2. The van der Waals surface area contributed by atoms with Gasteiger partial charge in [0.05, 0.1) is 17.2 Å². The van der Waals surface area contributed by atoms with Gasteiger partial charge in [-0.2, -0.15) is 0 Å². The van der Waals surface area contributed by atoms with Gasteiger partial charge in [-0.15, -0.1) is 0 Å². The minimum atomic E-state index is -0.427. The number of aromatic amines is 1. The van der Waals surface area contributed by atoms with Crippen LogP contribution in [0.5, 0.6) is 0 Å². The van der Waals surface area contributed by atoms with Crippen molar-refractivity contribution in [1.29, 1.82) is 0 Å². The molecule has 1 unspecified atom stereocenters. The molecule has 1 aliphatic rings. The number of hydrogen-bond donors (Lipinski definition) is 1. The van der Waals surface area contributed by atoms with Crippen LogP contribution in [-0.2, 0) is 11.8 Å². The summed E-state index contributed by atoms with van der Waals surface area (Å²) in [5.41, 5.74) is 0.330. The summed E-state index contributed by atoms with van der Waals surface area (Å²) in [5, 5.41) is 0. The molecular formula is C22H22FN3O3. The Balaban J connectivity index is 1.51. The monoisotopic (exact) mass is 395 g/mol. The molecule has 1 saturated heterocycles. The highest BCUT2D eigenvalue weighted by molar-refractivity contribution is 5.94. The van der Waals surface area contributed by atoms with Crippen molar-refractivity contribution in [3.8, 4) is 0 Å². The van der Waals surface area contributed by atoms with Gasteiger partial charge in [-0.25, -0.2) is 9.37 Å². The van der Waals surface area contributed by atoms with Gasteiger partial charge in [0.25, 0.3) is 5.91 Å². The fourth-order valence-electron chi connectivity index (χ4n) is 3.81. The molecule has 3 aromatic rings. The molecule has 3 heterocycles. The first kappa shape index (κ1) is 19.1. The molecule has 0 bridgehead atoms. The molecule has 1 atom stereocenters. The third-order valence-electron chi connectivity index (χ3n) is 5.41. The van der Waals surface area contributed by atoms with E-state index in [9.17, 15) is 14.0 Å². The molecule has 150 valence electrons. The van der Waals surface area contributed by atoms with E-state index in [0.717, 1.165) is 12.8 Å². The highest BCUT2D eigenvalue weighted by atomic mass is 19.1. The first-order chi connectivity index (χ1) is 13.9. The number of carbonyl (C=O) groups is 1. The van der Waals surface area contributed by atoms with Gasteiger partial charge in [-0.3, -0.25) is 9.59 Å². The van der Waals surface area contributed by atoms with Gasteiger partial charge >= 0.3 is 0 Å². The largest absolute Gasteiger partial charge is 0.445 e. The van der Waals surface area contributed by atoms with Crippen LogP contribution < -0.4 is 5.56 Å². The second-order valence-electron chi connectivity index (χ2n) is 7.73. The lowest BCUT2D eigenvalue weighted by molar-refractivity contribution is 0.0625. The third-order valence-corrected chi connectivity index (χ3v) is 5.41. The summed E-state index contributed by atoms with van der Waals surface area (Å²) in [7, 11) is 0. The second kappa shape index (κ2) is 7.66. The van der Waals surface area contributed by atoms with Gasteiger partial charge in [0.1, 0.15) is 11.6 Å². The van der Waals surface area contributed by atoms with E-state index in [1.807, 2.05) is 6.92 Å². The molecular weight excluding hydrogens is 373 g/mol. The molecule has 1 aromatic carbocycles. The smallest absolute Gasteiger partial charge is 0.255 e. The summed E-state index contributed by atoms with van der Waals surface area (Å²) in [4.78, 5) is 32.8. The zero-order valence-electron chi connectivity index (χ0n) is 16.2. The Hall–Kier alpha value is -3.22. The van der Waals surface area contributed by atoms with E-state index in [-0.39, 0.29) is 17.3 Å². The van der Waals surface area contributed by atoms with Crippen molar-refractivity contribution >= 4 is 5.91 Å². The van der Waals surface area contributed by atoms with Crippen molar-refractivity contribution in [3.63, 3.8) is 0 Å². The van der Waals surface area contributed by atoms with Crippen LogP contribution >= 0.6 is 0 Å². The number of rotatable bonds is 4. The molecule has 0 saturated carbocycles. The Morgan fingerprint density at radius 1 is 1.31 bits per heavy atom. The Morgan fingerprint density at radius 3 is 2.90 bits per heavy atom. The number of nitrogens with one attached hydrogen (secondary N) is 1. The summed E-state index contributed by atoms with van der Waals surface area (Å²) in [6, 6.07) is 9.48. The van der Waals surface area contributed by atoms with E-state index in [0.29, 0.717) is 42.3 Å². The fraction of sp³-hybridized carbons (Fsp3) is 0.318. The van der Waals surface area contributed by atoms with Crippen molar-refractivity contribution in [2.45, 2.75) is 31.6 Å². The number of hydrogen-bond acceptors (Lipinski definition) is 4. The van der Waals surface area contributed by atoms with Crippen molar-refractivity contribution in [3.05, 3.63) is 87.7 Å². The van der Waals surface area contributed by atoms with E-state index in [2.05, 4.69) is 9.97 Å². The maximum absolute atomic E-state index is 13.9. The predicted molar refractivity (Wildman–Crippen MR) is 105 cm³/mol. The molecule has 1 fully saturated rings. The zero-order chi connectivity index (χ0) is 20.4. The molecule has 2 aromatic heterocycles. The summed E-state index contributed by atoms with van der Waals surface area (Å²) in [6.45, 7) is 3.12. The Bertz CT molecular complexity index is 1070. The zero-order valence-corrected chi connectivity index (χ0v) is 16.2. The SMILES string of the molecule is CC1(c2ncc(Cc3ccccc3F)o2)CCCN(C(=O)c2ccc(=O)[nH]c2)C1. The number of amides is 1. The van der Waals surface area contributed by atoms with Gasteiger partial charge in [-0.05, 0) is 37.5 Å². The van der Waals surface area contributed by atoms with Crippen LogP contribution in [0.3, 0.4) is 0 Å². The van der Waals surface area contributed by atoms with Gasteiger partial charge in [0.15, 0.2) is 0 Å². The van der Waals surface area contributed by atoms with E-state index in [1.165, 1.54) is 24.4 Å². The number of carbonyl (C=O) groups excluding carboxylic acids is 1. The molecule has 29 heavy (non-hydrogen) atoms. The van der Waals surface area contributed by atoms with E-state index >= 15 is 0 Å². The average Bonchev–Trinajstić information content (AvgIpc) is 3.19. The van der Waals surface area contributed by atoms with Gasteiger partial charge < -0.3 is 14.3 Å². The molecule has 1 N–H and O–H groups in total. The number of H-pyrrole nitrogens is 1. The molecule has 1 aliphatic heterocycles. The first-order valence-corrected chi connectivity index (χ1v) is 9.61. The number of oxazole rings is 1. The van der Waals surface area contributed by atoms with Crippen LogP contribution in [0.4, 0.5) is 4.39 Å². The lowest BCUT2D eigenvalue weighted by Crippen LogP contribution is -2.47.